The number of fused-ring (bicyclic) bond motifs is 2. The van der Waals surface area contributed by atoms with E-state index in [0.29, 0.717) is 6.04 Å². The van der Waals surface area contributed by atoms with Crippen molar-refractivity contribution in [3.8, 4) is 0 Å². The highest BCUT2D eigenvalue weighted by Gasteiger charge is 2.47. The van der Waals surface area contributed by atoms with Gasteiger partial charge < -0.3 is 16.0 Å². The average Bonchev–Trinajstić information content (AvgIpc) is 3.10. The van der Waals surface area contributed by atoms with Crippen LogP contribution in [-0.4, -0.2) is 35.6 Å². The summed E-state index contributed by atoms with van der Waals surface area (Å²) in [6.07, 6.45) is 7.14. The molecular formula is C15H20N4O. The van der Waals surface area contributed by atoms with E-state index in [1.54, 1.807) is 6.20 Å². The second kappa shape index (κ2) is 4.45. The zero-order valence-corrected chi connectivity index (χ0v) is 11.5. The van der Waals surface area contributed by atoms with Gasteiger partial charge in [-0.1, -0.05) is 0 Å². The molecule has 1 aromatic heterocycles. The molecule has 1 aliphatic carbocycles. The number of hydrogen-bond donors (Lipinski definition) is 3. The fourth-order valence-corrected chi connectivity index (χ4v) is 4.06. The van der Waals surface area contributed by atoms with Crippen molar-refractivity contribution in [2.75, 3.05) is 18.4 Å². The second-order valence-electron chi connectivity index (χ2n) is 6.12. The standard InChI is InChI=1S/C15H20N4O/c20-14(11-4-8-18-13-10(11)3-7-17-13)19-15-5-1-2-12(15)16-9-6-15/h4,8,12,16H,1-3,5-7,9H2,(H,17,18)(H,19,20). The van der Waals surface area contributed by atoms with Gasteiger partial charge in [-0.25, -0.2) is 4.98 Å². The second-order valence-corrected chi connectivity index (χ2v) is 6.12. The summed E-state index contributed by atoms with van der Waals surface area (Å²) in [5, 5.41) is 10.1. The number of nitrogens with one attached hydrogen (secondary N) is 3. The molecule has 5 nitrogen and oxygen atoms in total. The molecule has 3 N–H and O–H groups in total. The molecule has 2 atom stereocenters. The highest BCUT2D eigenvalue weighted by molar-refractivity contribution is 5.97. The maximum absolute atomic E-state index is 12.7. The van der Waals surface area contributed by atoms with Crippen molar-refractivity contribution in [2.45, 2.75) is 43.7 Å². The molecule has 1 saturated heterocycles. The maximum atomic E-state index is 12.7. The van der Waals surface area contributed by atoms with Crippen molar-refractivity contribution in [1.82, 2.24) is 15.6 Å². The fourth-order valence-electron chi connectivity index (χ4n) is 4.06. The zero-order valence-electron chi connectivity index (χ0n) is 11.5. The van der Waals surface area contributed by atoms with Crippen LogP contribution in [0.1, 0.15) is 41.6 Å². The van der Waals surface area contributed by atoms with Gasteiger partial charge in [0, 0.05) is 29.9 Å². The minimum atomic E-state index is -0.0146. The number of rotatable bonds is 2. The molecule has 20 heavy (non-hydrogen) atoms. The molecule has 0 spiro atoms. The van der Waals surface area contributed by atoms with Crippen LogP contribution in [0.2, 0.25) is 0 Å². The Morgan fingerprint density at radius 3 is 3.30 bits per heavy atom. The van der Waals surface area contributed by atoms with Crippen LogP contribution in [-0.2, 0) is 6.42 Å². The SMILES string of the molecule is O=C(NC12CCCC1NCC2)c1ccnc2c1CCN2. The van der Waals surface area contributed by atoms with Gasteiger partial charge in [0.05, 0.1) is 5.54 Å². The molecule has 3 heterocycles. The van der Waals surface area contributed by atoms with E-state index in [2.05, 4.69) is 20.9 Å². The fraction of sp³-hybridized carbons (Fsp3) is 0.600. The third kappa shape index (κ3) is 1.73. The van der Waals surface area contributed by atoms with E-state index in [-0.39, 0.29) is 11.4 Å². The smallest absolute Gasteiger partial charge is 0.252 e. The zero-order chi connectivity index (χ0) is 13.6. The Balaban J connectivity index is 1.61. The average molecular weight is 272 g/mol. The minimum Gasteiger partial charge on any atom is -0.369 e. The number of pyridine rings is 1. The summed E-state index contributed by atoms with van der Waals surface area (Å²) in [6.45, 7) is 1.89. The Bertz CT molecular complexity index is 547. The van der Waals surface area contributed by atoms with Crippen LogP contribution < -0.4 is 16.0 Å². The number of anilines is 1. The first kappa shape index (κ1) is 12.1. The van der Waals surface area contributed by atoms with Crippen molar-refractivity contribution >= 4 is 11.7 Å². The van der Waals surface area contributed by atoms with E-state index < -0.39 is 0 Å². The van der Waals surface area contributed by atoms with Crippen molar-refractivity contribution in [1.29, 1.82) is 0 Å². The molecule has 2 fully saturated rings. The van der Waals surface area contributed by atoms with Gasteiger partial charge in [0.25, 0.3) is 5.91 Å². The summed E-state index contributed by atoms with van der Waals surface area (Å²) in [5.41, 5.74) is 1.85. The minimum absolute atomic E-state index is 0.0146. The van der Waals surface area contributed by atoms with Gasteiger partial charge >= 0.3 is 0 Å². The lowest BCUT2D eigenvalue weighted by Gasteiger charge is -2.30. The van der Waals surface area contributed by atoms with Crippen LogP contribution in [0.3, 0.4) is 0 Å². The quantitative estimate of drug-likeness (QED) is 0.753. The molecule has 1 aromatic rings. The van der Waals surface area contributed by atoms with E-state index >= 15 is 0 Å². The van der Waals surface area contributed by atoms with E-state index in [0.717, 1.165) is 49.3 Å². The summed E-state index contributed by atoms with van der Waals surface area (Å²) in [4.78, 5) is 17.0. The van der Waals surface area contributed by atoms with E-state index in [1.807, 2.05) is 6.07 Å². The largest absolute Gasteiger partial charge is 0.369 e. The summed E-state index contributed by atoms with van der Waals surface area (Å²) < 4.78 is 0. The summed E-state index contributed by atoms with van der Waals surface area (Å²) in [6, 6.07) is 2.31. The van der Waals surface area contributed by atoms with E-state index in [9.17, 15) is 4.79 Å². The van der Waals surface area contributed by atoms with Crippen molar-refractivity contribution < 1.29 is 4.79 Å². The first-order valence-corrected chi connectivity index (χ1v) is 7.56. The number of carbonyl (C=O) groups is 1. The van der Waals surface area contributed by atoms with Gasteiger partial charge in [-0.2, -0.15) is 0 Å². The molecule has 2 aliphatic heterocycles. The molecule has 1 amide bonds. The van der Waals surface area contributed by atoms with Gasteiger partial charge in [-0.3, -0.25) is 4.79 Å². The predicted molar refractivity (Wildman–Crippen MR) is 76.9 cm³/mol. The normalized spacial score (nSPS) is 30.7. The van der Waals surface area contributed by atoms with Crippen molar-refractivity contribution in [3.05, 3.63) is 23.4 Å². The van der Waals surface area contributed by atoms with Crippen LogP contribution in [0.4, 0.5) is 5.82 Å². The molecule has 4 rings (SSSR count). The molecule has 3 aliphatic rings. The molecule has 0 radical (unpaired) electrons. The number of amides is 1. The summed E-state index contributed by atoms with van der Waals surface area (Å²) in [5.74, 6) is 0.950. The summed E-state index contributed by atoms with van der Waals surface area (Å²) >= 11 is 0. The van der Waals surface area contributed by atoms with E-state index in [4.69, 9.17) is 0 Å². The molecule has 106 valence electrons. The maximum Gasteiger partial charge on any atom is 0.252 e. The first-order chi connectivity index (χ1) is 9.78. The molecular weight excluding hydrogens is 252 g/mol. The van der Waals surface area contributed by atoms with Crippen molar-refractivity contribution in [2.24, 2.45) is 0 Å². The lowest BCUT2D eigenvalue weighted by atomic mass is 9.92. The van der Waals surface area contributed by atoms with Gasteiger partial charge in [-0.05, 0) is 44.7 Å². The Labute approximate surface area is 118 Å². The van der Waals surface area contributed by atoms with Crippen LogP contribution in [0.15, 0.2) is 12.3 Å². The van der Waals surface area contributed by atoms with Crippen molar-refractivity contribution in [3.63, 3.8) is 0 Å². The van der Waals surface area contributed by atoms with Gasteiger partial charge in [-0.15, -0.1) is 0 Å². The monoisotopic (exact) mass is 272 g/mol. The van der Waals surface area contributed by atoms with Gasteiger partial charge in [0.1, 0.15) is 5.82 Å². The Morgan fingerprint density at radius 1 is 1.40 bits per heavy atom. The lowest BCUT2D eigenvalue weighted by molar-refractivity contribution is 0.0897. The number of nitrogens with zero attached hydrogens (tertiary/aromatic N) is 1. The highest BCUT2D eigenvalue weighted by atomic mass is 16.1. The third-order valence-corrected chi connectivity index (χ3v) is 5.07. The summed E-state index contributed by atoms with van der Waals surface area (Å²) in [7, 11) is 0. The number of carbonyl (C=O) groups excluding carboxylic acids is 1. The topological polar surface area (TPSA) is 66.0 Å². The Hall–Kier alpha value is -1.62. The van der Waals surface area contributed by atoms with Crippen LogP contribution in [0.25, 0.3) is 0 Å². The van der Waals surface area contributed by atoms with Crippen LogP contribution in [0.5, 0.6) is 0 Å². The van der Waals surface area contributed by atoms with Gasteiger partial charge in [0.15, 0.2) is 0 Å². The van der Waals surface area contributed by atoms with Crippen LogP contribution in [0, 0.1) is 0 Å². The molecule has 0 aromatic carbocycles. The van der Waals surface area contributed by atoms with Gasteiger partial charge in [0.2, 0.25) is 0 Å². The Morgan fingerprint density at radius 2 is 2.35 bits per heavy atom. The lowest BCUT2D eigenvalue weighted by Crippen LogP contribution is -2.52. The molecule has 1 saturated carbocycles. The first-order valence-electron chi connectivity index (χ1n) is 7.56. The Kier molecular flexibility index (Phi) is 2.70. The molecule has 0 bridgehead atoms. The van der Waals surface area contributed by atoms with E-state index in [1.165, 1.54) is 12.8 Å². The highest BCUT2D eigenvalue weighted by Crippen LogP contribution is 2.37. The third-order valence-electron chi connectivity index (χ3n) is 5.07. The molecule has 2 unspecified atom stereocenters. The number of aromatic nitrogens is 1. The predicted octanol–water partition coefficient (Wildman–Crippen LogP) is 1.06. The molecule has 5 heteroatoms. The number of hydrogen-bond acceptors (Lipinski definition) is 4. The van der Waals surface area contributed by atoms with Crippen LogP contribution >= 0.6 is 0 Å².